The summed E-state index contributed by atoms with van der Waals surface area (Å²) in [6.45, 7) is 5.36. The van der Waals surface area contributed by atoms with E-state index in [1.807, 2.05) is 0 Å². The van der Waals surface area contributed by atoms with E-state index in [0.29, 0.717) is 126 Å². The van der Waals surface area contributed by atoms with Crippen molar-refractivity contribution in [2.24, 2.45) is 0 Å². The molecule has 0 fully saturated rings. The second kappa shape index (κ2) is 18.4. The van der Waals surface area contributed by atoms with Crippen molar-refractivity contribution in [3.8, 4) is 23.0 Å². The van der Waals surface area contributed by atoms with Gasteiger partial charge in [0.1, 0.15) is 26.4 Å². The normalized spacial score (nSPS) is 17.0. The molecule has 0 saturated carbocycles. The Labute approximate surface area is 247 Å². The number of ketones is 2. The zero-order valence-corrected chi connectivity index (χ0v) is 24.3. The summed E-state index contributed by atoms with van der Waals surface area (Å²) in [7, 11) is 0. The second-order valence-corrected chi connectivity index (χ2v) is 9.93. The fraction of sp³-hybridized carbons (Fsp3) is 0.562. The highest BCUT2D eigenvalue weighted by Gasteiger charge is 2.15. The molecule has 0 spiro atoms. The zero-order chi connectivity index (χ0) is 29.2. The van der Waals surface area contributed by atoms with E-state index in [9.17, 15) is 9.59 Å². The predicted octanol–water partition coefficient (Wildman–Crippen LogP) is 4.70. The van der Waals surface area contributed by atoms with Crippen LogP contribution in [0, 0.1) is 0 Å². The Morgan fingerprint density at radius 3 is 1.14 bits per heavy atom. The maximum atomic E-state index is 12.8. The molecule has 0 aromatic heterocycles. The molecule has 0 saturated heterocycles. The Hall–Kier alpha value is -3.18. The van der Waals surface area contributed by atoms with Crippen molar-refractivity contribution >= 4 is 11.6 Å². The molecule has 10 nitrogen and oxygen atoms in total. The highest BCUT2D eigenvalue weighted by molar-refractivity contribution is 5.97. The third kappa shape index (κ3) is 10.9. The van der Waals surface area contributed by atoms with E-state index in [1.165, 1.54) is 0 Å². The van der Waals surface area contributed by atoms with E-state index in [2.05, 4.69) is 0 Å². The maximum absolute atomic E-state index is 12.8. The summed E-state index contributed by atoms with van der Waals surface area (Å²) >= 11 is 0. The Balaban J connectivity index is 1.19. The van der Waals surface area contributed by atoms with Crippen LogP contribution in [0.15, 0.2) is 36.4 Å². The molecular weight excluding hydrogens is 544 g/mol. The first kappa shape index (κ1) is 31.7. The minimum absolute atomic E-state index is 0.0564. The van der Waals surface area contributed by atoms with Gasteiger partial charge in [0.15, 0.2) is 34.6 Å². The number of Topliss-reactive ketones (excluding diaryl/α,β-unsaturated/α-hetero) is 2. The monoisotopic (exact) mass is 586 g/mol. The highest BCUT2D eigenvalue weighted by atomic mass is 16.6. The average Bonchev–Trinajstić information content (AvgIpc) is 2.99. The smallest absolute Gasteiger partial charge is 0.163 e. The molecule has 2 aliphatic heterocycles. The van der Waals surface area contributed by atoms with E-state index in [0.717, 1.165) is 25.7 Å². The number of benzene rings is 2. The van der Waals surface area contributed by atoms with Gasteiger partial charge in [0, 0.05) is 24.0 Å². The van der Waals surface area contributed by atoms with E-state index >= 15 is 0 Å². The van der Waals surface area contributed by atoms with Gasteiger partial charge in [0.05, 0.1) is 52.9 Å². The van der Waals surface area contributed by atoms with Crippen molar-refractivity contribution < 1.29 is 47.5 Å². The van der Waals surface area contributed by atoms with Gasteiger partial charge >= 0.3 is 0 Å². The highest BCUT2D eigenvalue weighted by Crippen LogP contribution is 2.31. The first-order valence-electron chi connectivity index (χ1n) is 14.9. The lowest BCUT2D eigenvalue weighted by molar-refractivity contribution is 0.0223. The second-order valence-electron chi connectivity index (χ2n) is 9.93. The van der Waals surface area contributed by atoms with Crippen molar-refractivity contribution in [1.29, 1.82) is 0 Å². The van der Waals surface area contributed by atoms with Gasteiger partial charge < -0.3 is 37.9 Å². The summed E-state index contributed by atoms with van der Waals surface area (Å²) in [4.78, 5) is 25.7. The molecule has 0 aliphatic carbocycles. The van der Waals surface area contributed by atoms with E-state index in [-0.39, 0.29) is 11.6 Å². The van der Waals surface area contributed by atoms with Crippen LogP contribution in [0.5, 0.6) is 23.0 Å². The van der Waals surface area contributed by atoms with Crippen molar-refractivity contribution in [2.75, 3.05) is 79.3 Å². The molecule has 0 unspecified atom stereocenters. The number of hydrogen-bond donors (Lipinski definition) is 0. The number of carbonyl (C=O) groups is 2. The SMILES string of the molecule is O=C(CCCCCCC(=O)c1ccc2c(c1)OCCOCCOCCO2)c1ccc2c(c1)OCCOCCOCCO2. The lowest BCUT2D eigenvalue weighted by atomic mass is 10.0. The summed E-state index contributed by atoms with van der Waals surface area (Å²) in [5.41, 5.74) is 1.19. The summed E-state index contributed by atoms with van der Waals surface area (Å²) in [5, 5.41) is 0. The van der Waals surface area contributed by atoms with E-state index in [1.54, 1.807) is 36.4 Å². The van der Waals surface area contributed by atoms with Gasteiger partial charge in [0.25, 0.3) is 0 Å². The molecule has 2 aliphatic rings. The maximum Gasteiger partial charge on any atom is 0.163 e. The molecule has 2 heterocycles. The molecule has 2 aromatic rings. The number of hydrogen-bond acceptors (Lipinski definition) is 10. The Bertz CT molecular complexity index is 1030. The van der Waals surface area contributed by atoms with Gasteiger partial charge in [-0.25, -0.2) is 0 Å². The number of carbonyl (C=O) groups excluding carboxylic acids is 2. The third-order valence-electron chi connectivity index (χ3n) is 6.77. The molecule has 10 heteroatoms. The third-order valence-corrected chi connectivity index (χ3v) is 6.77. The van der Waals surface area contributed by atoms with Crippen LogP contribution in [0.25, 0.3) is 0 Å². The Morgan fingerprint density at radius 2 is 0.762 bits per heavy atom. The largest absolute Gasteiger partial charge is 0.487 e. The molecule has 4 rings (SSSR count). The summed E-state index contributed by atoms with van der Waals surface area (Å²) in [6, 6.07) is 10.6. The van der Waals surface area contributed by atoms with Crippen LogP contribution in [0.3, 0.4) is 0 Å². The fourth-order valence-corrected chi connectivity index (χ4v) is 4.53. The van der Waals surface area contributed by atoms with Gasteiger partial charge in [-0.2, -0.15) is 0 Å². The average molecular weight is 587 g/mol. The number of rotatable bonds is 9. The van der Waals surface area contributed by atoms with Gasteiger partial charge in [-0.15, -0.1) is 0 Å². The van der Waals surface area contributed by atoms with E-state index in [4.69, 9.17) is 37.9 Å². The van der Waals surface area contributed by atoms with Crippen LogP contribution < -0.4 is 18.9 Å². The Morgan fingerprint density at radius 1 is 0.429 bits per heavy atom. The van der Waals surface area contributed by atoms with Gasteiger partial charge in [0.2, 0.25) is 0 Å². The molecule has 0 radical (unpaired) electrons. The summed E-state index contributed by atoms with van der Waals surface area (Å²) in [6.07, 6.45) is 4.10. The van der Waals surface area contributed by atoms with Gasteiger partial charge in [-0.05, 0) is 49.2 Å². The van der Waals surface area contributed by atoms with Crippen molar-refractivity contribution in [3.63, 3.8) is 0 Å². The van der Waals surface area contributed by atoms with Gasteiger partial charge in [-0.3, -0.25) is 9.59 Å². The lowest BCUT2D eigenvalue weighted by Gasteiger charge is -2.16. The van der Waals surface area contributed by atoms with Crippen LogP contribution in [0.1, 0.15) is 59.2 Å². The van der Waals surface area contributed by atoms with Crippen molar-refractivity contribution in [3.05, 3.63) is 47.5 Å². The quantitative estimate of drug-likeness (QED) is 0.303. The first-order chi connectivity index (χ1) is 20.7. The Kier molecular flexibility index (Phi) is 13.9. The standard InChI is InChI=1S/C32H42O10/c33-27(25-7-9-29-31(23-25)41-21-17-37-13-11-35-15-19-39-29)5-3-1-2-4-6-28(34)26-8-10-30-32(24-26)42-22-18-38-14-12-36-16-20-40-30/h7-10,23-24H,1-6,11-22H2. The fourth-order valence-electron chi connectivity index (χ4n) is 4.53. The molecule has 230 valence electrons. The molecule has 0 atom stereocenters. The molecule has 0 bridgehead atoms. The van der Waals surface area contributed by atoms with Crippen LogP contribution in [-0.2, 0) is 18.9 Å². The summed E-state index contributed by atoms with van der Waals surface area (Å²) in [5.74, 6) is 2.36. The predicted molar refractivity (Wildman–Crippen MR) is 155 cm³/mol. The zero-order valence-electron chi connectivity index (χ0n) is 24.3. The van der Waals surface area contributed by atoms with Crippen molar-refractivity contribution in [1.82, 2.24) is 0 Å². The minimum atomic E-state index is 0.0564. The van der Waals surface area contributed by atoms with Crippen LogP contribution in [0.4, 0.5) is 0 Å². The van der Waals surface area contributed by atoms with Crippen LogP contribution in [-0.4, -0.2) is 90.8 Å². The van der Waals surface area contributed by atoms with Gasteiger partial charge in [-0.1, -0.05) is 12.8 Å². The number of unbranched alkanes of at least 4 members (excludes halogenated alkanes) is 3. The molecular formula is C32H42O10. The summed E-state index contributed by atoms with van der Waals surface area (Å²) < 4.78 is 45.1. The first-order valence-corrected chi connectivity index (χ1v) is 14.9. The number of ether oxygens (including phenoxy) is 8. The van der Waals surface area contributed by atoms with E-state index < -0.39 is 0 Å². The minimum Gasteiger partial charge on any atom is -0.487 e. The molecule has 42 heavy (non-hydrogen) atoms. The molecule has 0 N–H and O–H groups in total. The van der Waals surface area contributed by atoms with Crippen LogP contribution >= 0.6 is 0 Å². The molecule has 2 aromatic carbocycles. The molecule has 0 amide bonds. The lowest BCUT2D eigenvalue weighted by Crippen LogP contribution is -2.16. The van der Waals surface area contributed by atoms with Crippen LogP contribution in [0.2, 0.25) is 0 Å². The number of fused-ring (bicyclic) bond motifs is 2. The van der Waals surface area contributed by atoms with Crippen molar-refractivity contribution in [2.45, 2.75) is 38.5 Å². The topological polar surface area (TPSA) is 108 Å².